The van der Waals surface area contributed by atoms with Crippen molar-refractivity contribution in [2.75, 3.05) is 7.11 Å². The Labute approximate surface area is 334 Å². The molecule has 0 saturated heterocycles. The highest BCUT2D eigenvalue weighted by atomic mass is 16.5. The van der Waals surface area contributed by atoms with Crippen LogP contribution in [0.3, 0.4) is 0 Å². The molecule has 2 N–H and O–H groups in total. The Bertz CT molecular complexity index is 2990. The van der Waals surface area contributed by atoms with Gasteiger partial charge in [-0.1, -0.05) is 42.5 Å². The van der Waals surface area contributed by atoms with Gasteiger partial charge in [0.15, 0.2) is 0 Å². The number of carbonyl (C=O) groups is 2. The van der Waals surface area contributed by atoms with Crippen LogP contribution in [0.5, 0.6) is 5.75 Å². The fourth-order valence-electron chi connectivity index (χ4n) is 8.26. The average molecular weight is 753 g/mol. The normalized spacial score (nSPS) is 11.3. The second-order valence-corrected chi connectivity index (χ2v) is 15.5. The predicted molar refractivity (Wildman–Crippen MR) is 237 cm³/mol. The van der Waals surface area contributed by atoms with E-state index in [0.717, 1.165) is 44.0 Å². The minimum Gasteiger partial charge on any atom is -0.496 e. The molecule has 5 nitrogen and oxygen atoms in total. The smallest absolute Gasteiger partial charge is 0.335 e. The number of aromatic carboxylic acids is 2. The maximum Gasteiger partial charge on any atom is 0.335 e. The fraction of sp³-hybridized carbons (Fsp3) is 0.192. The van der Waals surface area contributed by atoms with Crippen LogP contribution in [0.1, 0.15) is 70.8 Å². The Morgan fingerprint density at radius 1 is 0.404 bits per heavy atom. The molecule has 0 fully saturated rings. The molecule has 0 saturated carbocycles. The molecule has 0 bridgehead atoms. The third kappa shape index (κ3) is 6.88. The zero-order valence-electron chi connectivity index (χ0n) is 34.4. The number of fused-ring (bicyclic) bond motifs is 4. The van der Waals surface area contributed by atoms with E-state index in [1.54, 1.807) is 31.4 Å². The number of carboxylic acids is 2. The zero-order chi connectivity index (χ0) is 41.0. The van der Waals surface area contributed by atoms with Crippen molar-refractivity contribution in [3.8, 4) is 28.0 Å². The maximum absolute atomic E-state index is 11.2. The van der Waals surface area contributed by atoms with E-state index in [1.807, 2.05) is 30.3 Å². The van der Waals surface area contributed by atoms with E-state index in [0.29, 0.717) is 11.1 Å². The number of ether oxygens (including phenoxy) is 1. The summed E-state index contributed by atoms with van der Waals surface area (Å²) in [7, 11) is 1.70. The summed E-state index contributed by atoms with van der Waals surface area (Å²) in [5, 5.41) is 27.4. The highest BCUT2D eigenvalue weighted by Crippen LogP contribution is 2.40. The van der Waals surface area contributed by atoms with E-state index in [9.17, 15) is 19.8 Å². The second kappa shape index (κ2) is 14.9. The van der Waals surface area contributed by atoms with E-state index < -0.39 is 11.9 Å². The first-order valence-electron chi connectivity index (χ1n) is 19.2. The number of aryl methyl sites for hydroxylation is 5. The molecule has 0 aromatic heterocycles. The molecule has 0 heterocycles. The second-order valence-electron chi connectivity index (χ2n) is 15.5. The van der Waals surface area contributed by atoms with Crippen LogP contribution in [0, 0.1) is 62.3 Å². The molecule has 0 spiro atoms. The van der Waals surface area contributed by atoms with Gasteiger partial charge in [-0.15, -0.1) is 0 Å². The lowest BCUT2D eigenvalue weighted by Gasteiger charge is -2.18. The largest absolute Gasteiger partial charge is 0.496 e. The lowest BCUT2D eigenvalue weighted by Crippen LogP contribution is -1.97. The lowest BCUT2D eigenvalue weighted by molar-refractivity contribution is 0.0686. The number of hydrogen-bond donors (Lipinski definition) is 2. The monoisotopic (exact) mass is 752 g/mol. The van der Waals surface area contributed by atoms with Crippen LogP contribution in [0.4, 0.5) is 0 Å². The van der Waals surface area contributed by atoms with Gasteiger partial charge in [-0.2, -0.15) is 0 Å². The third-order valence-electron chi connectivity index (χ3n) is 12.5. The highest BCUT2D eigenvalue weighted by molar-refractivity contribution is 6.01. The van der Waals surface area contributed by atoms with Gasteiger partial charge in [-0.3, -0.25) is 0 Å². The first-order valence-corrected chi connectivity index (χ1v) is 19.2. The summed E-state index contributed by atoms with van der Waals surface area (Å²) in [6, 6.07) is 31.8. The third-order valence-corrected chi connectivity index (χ3v) is 12.5. The van der Waals surface area contributed by atoms with Gasteiger partial charge in [-0.25, -0.2) is 9.59 Å². The number of rotatable bonds is 5. The number of hydrogen-bond acceptors (Lipinski definition) is 3. The maximum atomic E-state index is 11.2. The van der Waals surface area contributed by atoms with E-state index in [2.05, 4.69) is 105 Å². The van der Waals surface area contributed by atoms with Crippen LogP contribution < -0.4 is 4.74 Å². The topological polar surface area (TPSA) is 83.8 Å². The zero-order valence-corrected chi connectivity index (χ0v) is 34.4. The van der Waals surface area contributed by atoms with Gasteiger partial charge in [-0.05, 0) is 227 Å². The van der Waals surface area contributed by atoms with Gasteiger partial charge in [0.05, 0.1) is 18.2 Å². The van der Waals surface area contributed by atoms with Crippen molar-refractivity contribution >= 4 is 55.0 Å². The first kappa shape index (κ1) is 38.8. The summed E-state index contributed by atoms with van der Waals surface area (Å²) in [6.45, 7) is 19.7. The molecule has 0 aliphatic carbocycles. The molecule has 5 heteroatoms. The Morgan fingerprint density at radius 3 is 1.18 bits per heavy atom. The molecule has 0 aliphatic rings. The van der Waals surface area contributed by atoms with Gasteiger partial charge in [0.2, 0.25) is 0 Å². The lowest BCUT2D eigenvalue weighted by atomic mass is 9.87. The summed E-state index contributed by atoms with van der Waals surface area (Å²) in [5.74, 6) is -0.971. The predicted octanol–water partition coefficient (Wildman–Crippen LogP) is 13.5. The van der Waals surface area contributed by atoms with E-state index in [1.165, 1.54) is 77.2 Å². The molecule has 8 aromatic carbocycles. The average Bonchev–Trinajstić information content (AvgIpc) is 3.22. The van der Waals surface area contributed by atoms with Gasteiger partial charge in [0, 0.05) is 5.56 Å². The van der Waals surface area contributed by atoms with Crippen LogP contribution in [0.2, 0.25) is 0 Å². The molecule has 0 aliphatic heterocycles. The van der Waals surface area contributed by atoms with Crippen LogP contribution in [0.15, 0.2) is 97.1 Å². The number of carboxylic acid groups (broad SMARTS) is 2. The molecular weight excluding hydrogens is 705 g/mol. The molecule has 0 atom stereocenters. The van der Waals surface area contributed by atoms with Crippen molar-refractivity contribution in [2.24, 2.45) is 0 Å². The molecular formula is C52H48O5. The molecule has 0 amide bonds. The standard InChI is InChI=1S/C26H24O3.C26H24O2/c1-14-15(2)17(4)23-13-25(29-5)24(12-22(23)16(14)3)20-8-6-19-11-21(26(27)28)9-7-18(19)10-20;1-14-10-24-17(4)15(2)16(3)18(5)25(24)13-23(14)21-8-6-20-12-22(26(27)28)9-7-19(20)11-21/h6-13H,1-5H3,(H,27,28);6-13H,1-5H3,(H,27,28). The van der Waals surface area contributed by atoms with Crippen molar-refractivity contribution in [3.63, 3.8) is 0 Å². The summed E-state index contributed by atoms with van der Waals surface area (Å²) in [4.78, 5) is 22.4. The summed E-state index contributed by atoms with van der Waals surface area (Å²) < 4.78 is 5.76. The Kier molecular flexibility index (Phi) is 10.1. The number of methoxy groups -OCH3 is 1. The minimum absolute atomic E-state index is 0.297. The van der Waals surface area contributed by atoms with E-state index in [-0.39, 0.29) is 0 Å². The molecule has 8 aromatic rings. The summed E-state index contributed by atoms with van der Waals surface area (Å²) >= 11 is 0. The summed E-state index contributed by atoms with van der Waals surface area (Å²) in [6.07, 6.45) is 0. The van der Waals surface area contributed by atoms with Gasteiger partial charge in [0.1, 0.15) is 5.75 Å². The van der Waals surface area contributed by atoms with E-state index in [4.69, 9.17) is 4.74 Å². The minimum atomic E-state index is -0.913. The molecule has 57 heavy (non-hydrogen) atoms. The quantitative estimate of drug-likeness (QED) is 0.183. The molecule has 286 valence electrons. The highest BCUT2D eigenvalue weighted by Gasteiger charge is 2.16. The fourth-order valence-corrected chi connectivity index (χ4v) is 8.26. The Morgan fingerprint density at radius 2 is 0.754 bits per heavy atom. The first-order chi connectivity index (χ1) is 27.1. The van der Waals surface area contributed by atoms with Crippen LogP contribution in [0.25, 0.3) is 65.3 Å². The van der Waals surface area contributed by atoms with Crippen LogP contribution in [-0.4, -0.2) is 29.3 Å². The van der Waals surface area contributed by atoms with Crippen molar-refractivity contribution in [1.82, 2.24) is 0 Å². The van der Waals surface area contributed by atoms with Gasteiger partial charge in [0.25, 0.3) is 0 Å². The molecule has 8 rings (SSSR count). The SMILES string of the molecule is COc1cc2c(C)c(C)c(C)c(C)c2cc1-c1ccc2cc(C(=O)O)ccc2c1.Cc1cc2c(C)c(C)c(C)c(C)c2cc1-c1ccc2cc(C(=O)O)ccc2c1. The number of benzene rings is 8. The van der Waals surface area contributed by atoms with Crippen molar-refractivity contribution < 1.29 is 24.5 Å². The molecule has 0 unspecified atom stereocenters. The summed E-state index contributed by atoms with van der Waals surface area (Å²) in [5.41, 5.74) is 17.0. The van der Waals surface area contributed by atoms with Crippen molar-refractivity contribution in [2.45, 2.75) is 62.3 Å². The Balaban J connectivity index is 0.000000174. The van der Waals surface area contributed by atoms with Crippen molar-refractivity contribution in [3.05, 3.63) is 158 Å². The molecule has 0 radical (unpaired) electrons. The van der Waals surface area contributed by atoms with Gasteiger partial charge < -0.3 is 14.9 Å². The van der Waals surface area contributed by atoms with Crippen LogP contribution in [-0.2, 0) is 0 Å². The Hall–Kier alpha value is -6.46. The van der Waals surface area contributed by atoms with Crippen LogP contribution >= 0.6 is 0 Å². The van der Waals surface area contributed by atoms with E-state index >= 15 is 0 Å². The van der Waals surface area contributed by atoms with Gasteiger partial charge >= 0.3 is 11.9 Å². The van der Waals surface area contributed by atoms with Crippen molar-refractivity contribution in [1.29, 1.82) is 0 Å².